The third kappa shape index (κ3) is 2.95. The van der Waals surface area contributed by atoms with E-state index in [1.54, 1.807) is 12.4 Å². The Labute approximate surface area is 124 Å². The lowest BCUT2D eigenvalue weighted by Gasteiger charge is -2.33. The van der Waals surface area contributed by atoms with Crippen molar-refractivity contribution in [1.29, 1.82) is 0 Å². The molecule has 0 bridgehead atoms. The highest BCUT2D eigenvalue weighted by molar-refractivity contribution is 5.25. The molecule has 0 spiro atoms. The fourth-order valence-corrected chi connectivity index (χ4v) is 3.09. The minimum absolute atomic E-state index is 0.0543. The van der Waals surface area contributed by atoms with Crippen molar-refractivity contribution in [3.05, 3.63) is 59.2 Å². The molecule has 1 fully saturated rings. The first kappa shape index (κ1) is 14.1. The number of nitrogens with zero attached hydrogens (tertiary/aromatic N) is 2. The van der Waals surface area contributed by atoms with E-state index < -0.39 is 6.17 Å². The lowest BCUT2D eigenvalue weighted by atomic mass is 9.90. The van der Waals surface area contributed by atoms with Crippen LogP contribution in [0.2, 0.25) is 0 Å². The molecule has 3 heterocycles. The van der Waals surface area contributed by atoms with Gasteiger partial charge in [-0.15, -0.1) is 0 Å². The molecule has 1 aliphatic rings. The van der Waals surface area contributed by atoms with Crippen LogP contribution in [0, 0.1) is 13.8 Å². The van der Waals surface area contributed by atoms with Crippen LogP contribution in [-0.4, -0.2) is 16.1 Å². The molecule has 2 aromatic heterocycles. The van der Waals surface area contributed by atoms with E-state index in [1.807, 2.05) is 38.1 Å². The van der Waals surface area contributed by atoms with Gasteiger partial charge >= 0.3 is 0 Å². The summed E-state index contributed by atoms with van der Waals surface area (Å²) in [5, 5.41) is 3.53. The molecule has 3 atom stereocenters. The van der Waals surface area contributed by atoms with E-state index in [0.717, 1.165) is 22.5 Å². The minimum Gasteiger partial charge on any atom is -0.300 e. The Kier molecular flexibility index (Phi) is 3.97. The molecule has 3 nitrogen and oxygen atoms in total. The Hall–Kier alpha value is -1.81. The molecule has 3 rings (SSSR count). The van der Waals surface area contributed by atoms with E-state index in [0.29, 0.717) is 12.8 Å². The van der Waals surface area contributed by atoms with Crippen molar-refractivity contribution in [1.82, 2.24) is 15.3 Å². The molecular formula is C17H20FN3. The predicted molar refractivity (Wildman–Crippen MR) is 80.7 cm³/mol. The van der Waals surface area contributed by atoms with Crippen molar-refractivity contribution in [3.8, 4) is 0 Å². The third-order valence-electron chi connectivity index (χ3n) is 4.15. The molecule has 1 N–H and O–H groups in total. The van der Waals surface area contributed by atoms with Gasteiger partial charge in [0, 0.05) is 12.4 Å². The Morgan fingerprint density at radius 3 is 1.86 bits per heavy atom. The van der Waals surface area contributed by atoms with Gasteiger partial charge in [0.05, 0.1) is 23.5 Å². The lowest BCUT2D eigenvalue weighted by Crippen LogP contribution is -2.37. The van der Waals surface area contributed by atoms with E-state index in [1.165, 1.54) is 0 Å². The van der Waals surface area contributed by atoms with Crippen molar-refractivity contribution in [2.75, 3.05) is 0 Å². The van der Waals surface area contributed by atoms with Crippen molar-refractivity contribution < 1.29 is 4.39 Å². The van der Waals surface area contributed by atoms with Crippen LogP contribution in [0.3, 0.4) is 0 Å². The highest BCUT2D eigenvalue weighted by atomic mass is 19.1. The van der Waals surface area contributed by atoms with Crippen LogP contribution < -0.4 is 5.32 Å². The number of piperidine rings is 1. The molecule has 1 saturated heterocycles. The van der Waals surface area contributed by atoms with Gasteiger partial charge in [0.25, 0.3) is 0 Å². The largest absolute Gasteiger partial charge is 0.300 e. The predicted octanol–water partition coefficient (Wildman–Crippen LogP) is 3.60. The van der Waals surface area contributed by atoms with Crippen molar-refractivity contribution in [2.24, 2.45) is 0 Å². The highest BCUT2D eigenvalue weighted by Gasteiger charge is 2.32. The van der Waals surface area contributed by atoms with Gasteiger partial charge in [-0.2, -0.15) is 0 Å². The molecule has 0 unspecified atom stereocenters. The summed E-state index contributed by atoms with van der Waals surface area (Å²) in [4.78, 5) is 8.87. The first-order chi connectivity index (χ1) is 10.1. The van der Waals surface area contributed by atoms with Gasteiger partial charge in [0.15, 0.2) is 0 Å². The average Bonchev–Trinajstić information content (AvgIpc) is 2.47. The van der Waals surface area contributed by atoms with Crippen LogP contribution in [-0.2, 0) is 0 Å². The van der Waals surface area contributed by atoms with Gasteiger partial charge < -0.3 is 5.32 Å². The molecule has 21 heavy (non-hydrogen) atoms. The lowest BCUT2D eigenvalue weighted by molar-refractivity contribution is 0.180. The van der Waals surface area contributed by atoms with E-state index >= 15 is 0 Å². The minimum atomic E-state index is -0.830. The van der Waals surface area contributed by atoms with Crippen LogP contribution in [0.15, 0.2) is 36.7 Å². The molecule has 0 aliphatic carbocycles. The summed E-state index contributed by atoms with van der Waals surface area (Å²) in [6.45, 7) is 4.04. The standard InChI is InChI=1S/C17H20FN3/c1-11-5-3-7-19-16(11)14-9-13(18)10-15(21-14)17-12(2)6-4-8-20-17/h3-8,13-15,21H,9-10H2,1-2H3/t13-,14+,15-. The Morgan fingerprint density at radius 2 is 1.43 bits per heavy atom. The topological polar surface area (TPSA) is 37.8 Å². The summed E-state index contributed by atoms with van der Waals surface area (Å²) in [7, 11) is 0. The first-order valence-electron chi connectivity index (χ1n) is 7.38. The number of pyridine rings is 2. The van der Waals surface area contributed by atoms with E-state index in [4.69, 9.17) is 0 Å². The Bertz CT molecular complexity index is 575. The third-order valence-corrected chi connectivity index (χ3v) is 4.15. The average molecular weight is 285 g/mol. The van der Waals surface area contributed by atoms with Crippen molar-refractivity contribution in [3.63, 3.8) is 0 Å². The van der Waals surface area contributed by atoms with Crippen molar-refractivity contribution in [2.45, 2.75) is 44.9 Å². The number of halogens is 1. The molecular weight excluding hydrogens is 265 g/mol. The fourth-order valence-electron chi connectivity index (χ4n) is 3.09. The Balaban J connectivity index is 1.89. The molecule has 0 radical (unpaired) electrons. The molecule has 0 amide bonds. The van der Waals surface area contributed by atoms with Crippen LogP contribution in [0.1, 0.15) is 47.4 Å². The summed E-state index contributed by atoms with van der Waals surface area (Å²) < 4.78 is 14.2. The fraction of sp³-hybridized carbons (Fsp3) is 0.412. The normalized spacial score (nSPS) is 25.8. The van der Waals surface area contributed by atoms with E-state index in [-0.39, 0.29) is 12.1 Å². The quantitative estimate of drug-likeness (QED) is 0.916. The van der Waals surface area contributed by atoms with E-state index in [9.17, 15) is 4.39 Å². The summed E-state index contributed by atoms with van der Waals surface area (Å²) in [6, 6.07) is 7.76. The maximum atomic E-state index is 14.2. The number of aromatic nitrogens is 2. The zero-order valence-electron chi connectivity index (χ0n) is 12.4. The summed E-state index contributed by atoms with van der Waals surface area (Å²) in [5.74, 6) is 0. The summed E-state index contributed by atoms with van der Waals surface area (Å²) >= 11 is 0. The van der Waals surface area contributed by atoms with Crippen LogP contribution in [0.5, 0.6) is 0 Å². The highest BCUT2D eigenvalue weighted by Crippen LogP contribution is 2.34. The number of rotatable bonds is 2. The molecule has 4 heteroatoms. The number of alkyl halides is 1. The second kappa shape index (κ2) is 5.90. The second-order valence-corrected chi connectivity index (χ2v) is 5.75. The maximum absolute atomic E-state index is 14.2. The van der Waals surface area contributed by atoms with Crippen LogP contribution in [0.4, 0.5) is 4.39 Å². The number of hydrogen-bond donors (Lipinski definition) is 1. The van der Waals surface area contributed by atoms with Crippen LogP contribution >= 0.6 is 0 Å². The van der Waals surface area contributed by atoms with Gasteiger partial charge in [-0.1, -0.05) is 12.1 Å². The smallest absolute Gasteiger partial charge is 0.104 e. The van der Waals surface area contributed by atoms with Gasteiger partial charge in [-0.3, -0.25) is 9.97 Å². The molecule has 0 saturated carbocycles. The van der Waals surface area contributed by atoms with Gasteiger partial charge in [0.2, 0.25) is 0 Å². The van der Waals surface area contributed by atoms with Crippen LogP contribution in [0.25, 0.3) is 0 Å². The number of aryl methyl sites for hydroxylation is 2. The van der Waals surface area contributed by atoms with Gasteiger partial charge in [-0.05, 0) is 49.9 Å². The zero-order chi connectivity index (χ0) is 14.8. The monoisotopic (exact) mass is 285 g/mol. The number of hydrogen-bond acceptors (Lipinski definition) is 3. The first-order valence-corrected chi connectivity index (χ1v) is 7.38. The molecule has 110 valence electrons. The SMILES string of the molecule is Cc1cccnc1[C@@H]1C[C@@H](F)C[C@H](c2ncccc2C)N1. The molecule has 1 aliphatic heterocycles. The zero-order valence-corrected chi connectivity index (χ0v) is 12.4. The second-order valence-electron chi connectivity index (χ2n) is 5.75. The Morgan fingerprint density at radius 1 is 0.952 bits per heavy atom. The molecule has 0 aromatic carbocycles. The van der Waals surface area contributed by atoms with E-state index in [2.05, 4.69) is 15.3 Å². The molecule has 2 aromatic rings. The van der Waals surface area contributed by atoms with Gasteiger partial charge in [0.1, 0.15) is 6.17 Å². The number of nitrogens with one attached hydrogen (secondary N) is 1. The van der Waals surface area contributed by atoms with Gasteiger partial charge in [-0.25, -0.2) is 4.39 Å². The summed E-state index contributed by atoms with van der Waals surface area (Å²) in [5.41, 5.74) is 4.08. The maximum Gasteiger partial charge on any atom is 0.104 e. The van der Waals surface area contributed by atoms with Crippen molar-refractivity contribution >= 4 is 0 Å². The summed E-state index contributed by atoms with van der Waals surface area (Å²) in [6.07, 6.45) is 3.66.